The molecule has 2 N–H and O–H groups in total. The summed E-state index contributed by atoms with van der Waals surface area (Å²) in [6.07, 6.45) is 7.29. The number of amides is 1. The molecule has 3 aromatic heterocycles. The second kappa shape index (κ2) is 5.89. The Morgan fingerprint density at radius 3 is 2.83 bits per heavy atom. The number of pyridine rings is 1. The highest BCUT2D eigenvalue weighted by atomic mass is 16.1. The van der Waals surface area contributed by atoms with Gasteiger partial charge in [0.05, 0.1) is 17.8 Å². The first kappa shape index (κ1) is 15.1. The van der Waals surface area contributed by atoms with Crippen molar-refractivity contribution >= 4 is 28.0 Å². The number of H-pyrrole nitrogens is 1. The molecule has 4 rings (SSSR count). The van der Waals surface area contributed by atoms with Gasteiger partial charge in [0.25, 0.3) is 0 Å². The van der Waals surface area contributed by atoms with E-state index in [4.69, 9.17) is 0 Å². The molecule has 1 saturated carbocycles. The lowest BCUT2D eigenvalue weighted by Crippen LogP contribution is -2.37. The first-order valence-corrected chi connectivity index (χ1v) is 8.60. The van der Waals surface area contributed by atoms with E-state index in [1.807, 2.05) is 19.9 Å². The summed E-state index contributed by atoms with van der Waals surface area (Å²) in [6.45, 7) is 4.01. The fourth-order valence-corrected chi connectivity index (χ4v) is 3.69. The van der Waals surface area contributed by atoms with Crippen molar-refractivity contribution in [2.75, 3.05) is 0 Å². The predicted molar refractivity (Wildman–Crippen MR) is 91.5 cm³/mol. The van der Waals surface area contributed by atoms with Gasteiger partial charge in [0, 0.05) is 23.5 Å². The van der Waals surface area contributed by atoms with Crippen molar-refractivity contribution in [2.45, 2.75) is 51.6 Å². The van der Waals surface area contributed by atoms with E-state index in [0.717, 1.165) is 47.8 Å². The molecule has 0 saturated heterocycles. The molecule has 1 fully saturated rings. The smallest absolute Gasteiger partial charge is 0.223 e. The largest absolute Gasteiger partial charge is 0.354 e. The third-order valence-corrected chi connectivity index (χ3v) is 4.87. The Labute approximate surface area is 139 Å². The quantitative estimate of drug-likeness (QED) is 0.774. The normalized spacial score (nSPS) is 21.6. The Bertz CT molecular complexity index is 872. The monoisotopic (exact) mass is 326 g/mol. The number of nitrogens with zero attached hydrogens (tertiary/aromatic N) is 4. The van der Waals surface area contributed by atoms with Crippen LogP contribution < -0.4 is 5.32 Å². The summed E-state index contributed by atoms with van der Waals surface area (Å²) in [5, 5.41) is 11.6. The average molecular weight is 326 g/mol. The lowest BCUT2D eigenvalue weighted by Gasteiger charge is -2.29. The van der Waals surface area contributed by atoms with Crippen molar-refractivity contribution in [3.05, 3.63) is 18.5 Å². The lowest BCUT2D eigenvalue weighted by atomic mass is 9.85. The number of aromatic nitrogens is 5. The minimum Gasteiger partial charge on any atom is -0.354 e. The molecule has 3 aromatic rings. The molecule has 0 aliphatic heterocycles. The summed E-state index contributed by atoms with van der Waals surface area (Å²) in [5.41, 5.74) is 2.67. The van der Waals surface area contributed by atoms with Crippen molar-refractivity contribution in [1.82, 2.24) is 30.3 Å². The molecule has 24 heavy (non-hydrogen) atoms. The second-order valence-corrected chi connectivity index (χ2v) is 6.92. The van der Waals surface area contributed by atoms with Gasteiger partial charge in [-0.2, -0.15) is 5.10 Å². The summed E-state index contributed by atoms with van der Waals surface area (Å²) < 4.78 is 2.14. The maximum atomic E-state index is 12.2. The molecular formula is C17H22N6O. The molecule has 1 amide bonds. The van der Waals surface area contributed by atoms with E-state index in [2.05, 4.69) is 30.3 Å². The molecular weight excluding hydrogens is 304 g/mol. The molecule has 7 nitrogen and oxygen atoms in total. The Morgan fingerprint density at radius 1 is 1.29 bits per heavy atom. The number of carbonyl (C=O) groups is 1. The molecule has 0 bridgehead atoms. The van der Waals surface area contributed by atoms with Gasteiger partial charge in [0.15, 0.2) is 5.65 Å². The number of nitrogens with one attached hydrogen (secondary N) is 2. The molecule has 1 aliphatic rings. The van der Waals surface area contributed by atoms with Crippen LogP contribution in [0.25, 0.3) is 22.1 Å². The summed E-state index contributed by atoms with van der Waals surface area (Å²) in [7, 11) is 0. The van der Waals surface area contributed by atoms with E-state index in [9.17, 15) is 4.79 Å². The van der Waals surface area contributed by atoms with Crippen molar-refractivity contribution in [2.24, 2.45) is 5.92 Å². The summed E-state index contributed by atoms with van der Waals surface area (Å²) >= 11 is 0. The van der Waals surface area contributed by atoms with Crippen LogP contribution in [0.15, 0.2) is 18.5 Å². The third-order valence-electron chi connectivity index (χ3n) is 4.87. The average Bonchev–Trinajstić information content (AvgIpc) is 3.20. The van der Waals surface area contributed by atoms with E-state index in [1.54, 1.807) is 12.4 Å². The molecule has 1 aliphatic carbocycles. The topological polar surface area (TPSA) is 88.5 Å². The fraction of sp³-hybridized carbons (Fsp3) is 0.529. The Kier molecular flexibility index (Phi) is 3.70. The number of carbonyl (C=O) groups excluding carboxylic acids is 1. The maximum Gasteiger partial charge on any atom is 0.223 e. The van der Waals surface area contributed by atoms with E-state index >= 15 is 0 Å². The molecule has 0 atom stereocenters. The van der Waals surface area contributed by atoms with Gasteiger partial charge in [-0.3, -0.25) is 9.48 Å². The predicted octanol–water partition coefficient (Wildman–Crippen LogP) is 2.56. The Hall–Kier alpha value is -2.44. The number of aromatic amines is 1. The first-order valence-electron chi connectivity index (χ1n) is 8.60. The van der Waals surface area contributed by atoms with Crippen LogP contribution in [0.1, 0.15) is 45.6 Å². The number of rotatable bonds is 3. The van der Waals surface area contributed by atoms with Crippen LogP contribution in [0.2, 0.25) is 0 Å². The SMILES string of the molecule is CC(C)NC(=O)C1CCC(n2[nH]nc3cnc4nccc4c32)CC1. The molecule has 126 valence electrons. The van der Waals surface area contributed by atoms with Gasteiger partial charge in [0.2, 0.25) is 5.91 Å². The summed E-state index contributed by atoms with van der Waals surface area (Å²) in [4.78, 5) is 20.8. The van der Waals surface area contributed by atoms with Gasteiger partial charge in [0.1, 0.15) is 5.52 Å². The zero-order valence-corrected chi connectivity index (χ0v) is 14.0. The van der Waals surface area contributed by atoms with Crippen LogP contribution in [0.4, 0.5) is 0 Å². The first-order chi connectivity index (χ1) is 11.6. The molecule has 0 spiro atoms. The number of fused-ring (bicyclic) bond motifs is 3. The zero-order valence-electron chi connectivity index (χ0n) is 14.0. The summed E-state index contributed by atoms with van der Waals surface area (Å²) in [5.74, 6) is 0.315. The van der Waals surface area contributed by atoms with Gasteiger partial charge >= 0.3 is 0 Å². The molecule has 0 radical (unpaired) electrons. The van der Waals surface area contributed by atoms with E-state index in [0.29, 0.717) is 6.04 Å². The van der Waals surface area contributed by atoms with Crippen LogP contribution in [0.3, 0.4) is 0 Å². The summed E-state index contributed by atoms with van der Waals surface area (Å²) in [6, 6.07) is 2.52. The number of hydrogen-bond acceptors (Lipinski definition) is 4. The highest BCUT2D eigenvalue weighted by Crippen LogP contribution is 2.34. The fourth-order valence-electron chi connectivity index (χ4n) is 3.69. The van der Waals surface area contributed by atoms with Crippen LogP contribution in [-0.4, -0.2) is 36.9 Å². The maximum absolute atomic E-state index is 12.2. The van der Waals surface area contributed by atoms with Crippen LogP contribution in [0, 0.1) is 5.92 Å². The van der Waals surface area contributed by atoms with E-state index in [1.165, 1.54) is 0 Å². The Morgan fingerprint density at radius 2 is 2.08 bits per heavy atom. The highest BCUT2D eigenvalue weighted by Gasteiger charge is 2.28. The highest BCUT2D eigenvalue weighted by molar-refractivity contribution is 6.00. The Balaban J connectivity index is 1.57. The number of hydrogen-bond donors (Lipinski definition) is 2. The van der Waals surface area contributed by atoms with Crippen molar-refractivity contribution in [1.29, 1.82) is 0 Å². The third kappa shape index (κ3) is 2.53. The van der Waals surface area contributed by atoms with E-state index in [-0.39, 0.29) is 17.9 Å². The van der Waals surface area contributed by atoms with Gasteiger partial charge in [-0.25, -0.2) is 15.2 Å². The van der Waals surface area contributed by atoms with Crippen LogP contribution in [-0.2, 0) is 4.79 Å². The van der Waals surface area contributed by atoms with Crippen molar-refractivity contribution in [3.63, 3.8) is 0 Å². The van der Waals surface area contributed by atoms with Gasteiger partial charge in [-0.05, 0) is 45.6 Å². The van der Waals surface area contributed by atoms with Crippen LogP contribution >= 0.6 is 0 Å². The zero-order chi connectivity index (χ0) is 16.7. The molecule has 0 aromatic carbocycles. The minimum atomic E-state index is 0.126. The molecule has 3 heterocycles. The van der Waals surface area contributed by atoms with Crippen molar-refractivity contribution in [3.8, 4) is 0 Å². The second-order valence-electron chi connectivity index (χ2n) is 6.92. The minimum absolute atomic E-state index is 0.126. The van der Waals surface area contributed by atoms with Crippen molar-refractivity contribution < 1.29 is 4.79 Å². The molecule has 7 heteroatoms. The van der Waals surface area contributed by atoms with E-state index < -0.39 is 0 Å². The standard InChI is InChI=1S/C17H22N6O/c1-10(2)20-17(24)11-3-5-12(6-4-11)23-15-13-7-8-18-16(13)19-9-14(15)21-22-23/h7-12,22H,3-6H2,1-2H3,(H,20,24). The molecule has 0 unspecified atom stereocenters. The van der Waals surface area contributed by atoms with Gasteiger partial charge in [-0.15, -0.1) is 0 Å². The lowest BCUT2D eigenvalue weighted by molar-refractivity contribution is -0.126. The van der Waals surface area contributed by atoms with Gasteiger partial charge < -0.3 is 5.32 Å². The van der Waals surface area contributed by atoms with Gasteiger partial charge in [-0.1, -0.05) is 0 Å². The van der Waals surface area contributed by atoms with Crippen LogP contribution in [0.5, 0.6) is 0 Å².